The first-order valence-electron chi connectivity index (χ1n) is 9.16. The Bertz CT molecular complexity index is 659. The molecule has 3 fully saturated rings. The molecule has 0 saturated carbocycles. The Balaban J connectivity index is 1.40. The van der Waals surface area contributed by atoms with E-state index in [2.05, 4.69) is 9.88 Å². The van der Waals surface area contributed by atoms with Gasteiger partial charge in [-0.2, -0.15) is 0 Å². The number of amides is 2. The lowest BCUT2D eigenvalue weighted by molar-refractivity contribution is -0.169. The SMILES string of the molecule is O=CN1CCN(C(=O)c2cncc(N3CCC4(CC3)OCCO4)c2)CC1. The van der Waals surface area contributed by atoms with Crippen LogP contribution in [-0.4, -0.2) is 85.4 Å². The first-order valence-corrected chi connectivity index (χ1v) is 9.16. The van der Waals surface area contributed by atoms with Crippen molar-refractivity contribution >= 4 is 18.0 Å². The van der Waals surface area contributed by atoms with Crippen LogP contribution in [0.5, 0.6) is 0 Å². The summed E-state index contributed by atoms with van der Waals surface area (Å²) in [5.74, 6) is -0.434. The van der Waals surface area contributed by atoms with Crippen molar-refractivity contribution in [2.24, 2.45) is 0 Å². The van der Waals surface area contributed by atoms with Crippen molar-refractivity contribution in [3.63, 3.8) is 0 Å². The van der Waals surface area contributed by atoms with Crippen molar-refractivity contribution in [1.29, 1.82) is 0 Å². The molecule has 0 aliphatic carbocycles. The molecule has 8 heteroatoms. The van der Waals surface area contributed by atoms with E-state index in [1.807, 2.05) is 6.07 Å². The van der Waals surface area contributed by atoms with Crippen LogP contribution >= 0.6 is 0 Å². The summed E-state index contributed by atoms with van der Waals surface area (Å²) in [4.78, 5) is 33.5. The van der Waals surface area contributed by atoms with Gasteiger partial charge in [0.2, 0.25) is 6.41 Å². The molecule has 1 aromatic rings. The highest BCUT2D eigenvalue weighted by molar-refractivity contribution is 5.95. The molecule has 4 heterocycles. The molecule has 0 unspecified atom stereocenters. The van der Waals surface area contributed by atoms with Gasteiger partial charge in [-0.05, 0) is 6.07 Å². The van der Waals surface area contributed by atoms with Crippen molar-refractivity contribution in [2.45, 2.75) is 18.6 Å². The zero-order valence-electron chi connectivity index (χ0n) is 14.8. The Labute approximate surface area is 152 Å². The van der Waals surface area contributed by atoms with Crippen LogP contribution in [0.4, 0.5) is 5.69 Å². The van der Waals surface area contributed by atoms with Crippen LogP contribution in [0, 0.1) is 0 Å². The van der Waals surface area contributed by atoms with E-state index >= 15 is 0 Å². The molecule has 0 aromatic carbocycles. The third-order valence-electron chi connectivity index (χ3n) is 5.43. The van der Waals surface area contributed by atoms with Gasteiger partial charge >= 0.3 is 0 Å². The predicted octanol–water partition coefficient (Wildman–Crippen LogP) is 0.339. The number of hydrogen-bond acceptors (Lipinski definition) is 6. The van der Waals surface area contributed by atoms with Crippen LogP contribution in [0.3, 0.4) is 0 Å². The number of piperidine rings is 1. The number of aromatic nitrogens is 1. The fourth-order valence-electron chi connectivity index (χ4n) is 3.82. The van der Waals surface area contributed by atoms with E-state index in [4.69, 9.17) is 9.47 Å². The summed E-state index contributed by atoms with van der Waals surface area (Å²) in [7, 11) is 0. The van der Waals surface area contributed by atoms with Gasteiger partial charge < -0.3 is 24.2 Å². The van der Waals surface area contributed by atoms with E-state index < -0.39 is 5.79 Å². The fourth-order valence-corrected chi connectivity index (χ4v) is 3.82. The van der Waals surface area contributed by atoms with E-state index in [-0.39, 0.29) is 5.91 Å². The molecule has 0 atom stereocenters. The quantitative estimate of drug-likeness (QED) is 0.724. The van der Waals surface area contributed by atoms with Crippen molar-refractivity contribution < 1.29 is 19.1 Å². The maximum absolute atomic E-state index is 12.8. The lowest BCUT2D eigenvalue weighted by atomic mass is 10.0. The standard InChI is InChI=1S/C18H24N4O4/c23-14-20-5-7-22(8-6-20)17(24)15-11-16(13-19-12-15)21-3-1-18(2-4-21)25-9-10-26-18/h11-14H,1-10H2. The normalized spacial score (nSPS) is 22.7. The van der Waals surface area contributed by atoms with Gasteiger partial charge in [-0.25, -0.2) is 0 Å². The molecule has 3 aliphatic heterocycles. The highest BCUT2D eigenvalue weighted by Crippen LogP contribution is 2.33. The summed E-state index contributed by atoms with van der Waals surface area (Å²) in [6.07, 6.45) is 5.89. The minimum atomic E-state index is -0.407. The maximum atomic E-state index is 12.8. The molecule has 0 bridgehead atoms. The summed E-state index contributed by atoms with van der Waals surface area (Å²) in [6.45, 7) is 5.25. The minimum absolute atomic E-state index is 0.0270. The smallest absolute Gasteiger partial charge is 0.255 e. The van der Waals surface area contributed by atoms with Crippen molar-refractivity contribution in [1.82, 2.24) is 14.8 Å². The second-order valence-corrected chi connectivity index (χ2v) is 6.96. The van der Waals surface area contributed by atoms with Gasteiger partial charge in [-0.1, -0.05) is 0 Å². The fraction of sp³-hybridized carbons (Fsp3) is 0.611. The van der Waals surface area contributed by atoms with Crippen molar-refractivity contribution in [3.05, 3.63) is 24.0 Å². The summed E-state index contributed by atoms with van der Waals surface area (Å²) in [5.41, 5.74) is 1.55. The van der Waals surface area contributed by atoms with Gasteiger partial charge in [0.05, 0.1) is 30.7 Å². The third kappa shape index (κ3) is 3.39. The van der Waals surface area contributed by atoms with E-state index in [0.717, 1.165) is 38.0 Å². The van der Waals surface area contributed by atoms with Gasteiger partial charge in [-0.15, -0.1) is 0 Å². The molecular weight excluding hydrogens is 336 g/mol. The number of ether oxygens (including phenoxy) is 2. The highest BCUT2D eigenvalue weighted by Gasteiger charge is 2.39. The van der Waals surface area contributed by atoms with Crippen LogP contribution in [0.1, 0.15) is 23.2 Å². The van der Waals surface area contributed by atoms with Crippen molar-refractivity contribution in [3.8, 4) is 0 Å². The van der Waals surface area contributed by atoms with Crippen LogP contribution in [0.15, 0.2) is 18.5 Å². The predicted molar refractivity (Wildman–Crippen MR) is 93.9 cm³/mol. The monoisotopic (exact) mass is 360 g/mol. The Hall–Kier alpha value is -2.19. The van der Waals surface area contributed by atoms with E-state index in [1.165, 1.54) is 0 Å². The molecule has 140 valence electrons. The molecule has 4 rings (SSSR count). The van der Waals surface area contributed by atoms with Crippen LogP contribution in [0.25, 0.3) is 0 Å². The summed E-state index contributed by atoms with van der Waals surface area (Å²) >= 11 is 0. The minimum Gasteiger partial charge on any atom is -0.370 e. The number of piperazine rings is 1. The first kappa shape index (κ1) is 17.2. The number of anilines is 1. The van der Waals surface area contributed by atoms with Gasteiger partial charge in [0, 0.05) is 58.3 Å². The van der Waals surface area contributed by atoms with Crippen LogP contribution in [0.2, 0.25) is 0 Å². The number of pyridine rings is 1. The van der Waals surface area contributed by atoms with Gasteiger partial charge in [-0.3, -0.25) is 14.6 Å². The lowest BCUT2D eigenvalue weighted by Gasteiger charge is -2.38. The first-order chi connectivity index (χ1) is 12.7. The van der Waals surface area contributed by atoms with Gasteiger partial charge in [0.1, 0.15) is 0 Å². The van der Waals surface area contributed by atoms with Crippen LogP contribution in [-0.2, 0) is 14.3 Å². The summed E-state index contributed by atoms with van der Waals surface area (Å²) < 4.78 is 11.5. The number of carbonyl (C=O) groups excluding carboxylic acids is 2. The van der Waals surface area contributed by atoms with Crippen molar-refractivity contribution in [2.75, 3.05) is 57.4 Å². The number of hydrogen-bond donors (Lipinski definition) is 0. The molecule has 26 heavy (non-hydrogen) atoms. The van der Waals surface area contributed by atoms with Crippen LogP contribution < -0.4 is 4.90 Å². The number of rotatable bonds is 3. The molecule has 1 spiro atoms. The van der Waals surface area contributed by atoms with E-state index in [1.54, 1.807) is 22.2 Å². The van der Waals surface area contributed by atoms with E-state index in [9.17, 15) is 9.59 Å². The summed E-state index contributed by atoms with van der Waals surface area (Å²) in [5, 5.41) is 0. The second kappa shape index (κ2) is 7.20. The Morgan fingerprint density at radius 1 is 1.04 bits per heavy atom. The number of carbonyl (C=O) groups is 2. The molecule has 0 radical (unpaired) electrons. The zero-order valence-corrected chi connectivity index (χ0v) is 14.8. The Morgan fingerprint density at radius 3 is 2.38 bits per heavy atom. The average Bonchev–Trinajstić information content (AvgIpc) is 3.16. The average molecular weight is 360 g/mol. The topological polar surface area (TPSA) is 75.2 Å². The molecule has 3 saturated heterocycles. The number of nitrogens with zero attached hydrogens (tertiary/aromatic N) is 4. The van der Waals surface area contributed by atoms with E-state index in [0.29, 0.717) is 45.0 Å². The largest absolute Gasteiger partial charge is 0.370 e. The van der Waals surface area contributed by atoms with Gasteiger partial charge in [0.25, 0.3) is 5.91 Å². The third-order valence-corrected chi connectivity index (χ3v) is 5.43. The highest BCUT2D eigenvalue weighted by atomic mass is 16.7. The molecule has 3 aliphatic rings. The maximum Gasteiger partial charge on any atom is 0.255 e. The molecular formula is C18H24N4O4. The molecule has 8 nitrogen and oxygen atoms in total. The zero-order chi connectivity index (χ0) is 18.0. The molecule has 0 N–H and O–H groups in total. The van der Waals surface area contributed by atoms with Gasteiger partial charge in [0.15, 0.2) is 5.79 Å². The second-order valence-electron chi connectivity index (χ2n) is 6.96. The molecule has 2 amide bonds. The Morgan fingerprint density at radius 2 is 1.73 bits per heavy atom. The lowest BCUT2D eigenvalue weighted by Crippen LogP contribution is -2.48. The molecule has 1 aromatic heterocycles. The Kier molecular flexibility index (Phi) is 4.78. The summed E-state index contributed by atoms with van der Waals surface area (Å²) in [6, 6.07) is 1.91.